The number of carbonyl (C=O) groups is 1. The molecule has 4 rings (SSSR count). The average molecular weight is 477 g/mol. The number of nitrogens with zero attached hydrogens (tertiary/aromatic N) is 3. The van der Waals surface area contributed by atoms with Crippen molar-refractivity contribution in [3.05, 3.63) is 74.1 Å². The summed E-state index contributed by atoms with van der Waals surface area (Å²) in [5.41, 5.74) is 2.90. The number of nitro groups is 1. The number of benzene rings is 2. The molecule has 1 aliphatic rings. The molecule has 166 valence electrons. The lowest BCUT2D eigenvalue weighted by Crippen LogP contribution is -2.06. The van der Waals surface area contributed by atoms with Gasteiger partial charge in [-0.3, -0.25) is 14.9 Å². The number of nitriles is 1. The van der Waals surface area contributed by atoms with Crippen molar-refractivity contribution in [2.24, 2.45) is 4.99 Å². The summed E-state index contributed by atoms with van der Waals surface area (Å²) in [5, 5.41) is 24.5. The lowest BCUT2D eigenvalue weighted by atomic mass is 9.96. The summed E-state index contributed by atoms with van der Waals surface area (Å²) >= 11 is 2.91. The minimum atomic E-state index is -0.443. The number of rotatable bonds is 6. The highest BCUT2D eigenvalue weighted by atomic mass is 32.2. The van der Waals surface area contributed by atoms with Gasteiger partial charge in [-0.2, -0.15) is 5.26 Å². The molecule has 1 heterocycles. The van der Waals surface area contributed by atoms with Crippen LogP contribution in [-0.2, 0) is 17.6 Å². The van der Waals surface area contributed by atoms with E-state index >= 15 is 0 Å². The molecule has 0 atom stereocenters. The zero-order valence-electron chi connectivity index (χ0n) is 17.8. The van der Waals surface area contributed by atoms with Crippen molar-refractivity contribution in [1.29, 1.82) is 5.26 Å². The topological polar surface area (TPSA) is 108 Å². The average Bonchev–Trinajstić information content (AvgIpc) is 3.16. The van der Waals surface area contributed by atoms with Gasteiger partial charge in [0.05, 0.1) is 16.2 Å². The molecule has 7 nitrogen and oxygen atoms in total. The van der Waals surface area contributed by atoms with Crippen LogP contribution in [0, 0.1) is 21.4 Å². The summed E-state index contributed by atoms with van der Waals surface area (Å²) in [4.78, 5) is 29.9. The van der Waals surface area contributed by atoms with Gasteiger partial charge in [-0.05, 0) is 49.4 Å². The number of carbonyl (C=O) groups excluding carboxylic acids is 1. The van der Waals surface area contributed by atoms with Gasteiger partial charge in [-0.25, -0.2) is 4.99 Å². The normalized spacial score (nSPS) is 12.8. The first-order chi connectivity index (χ1) is 16.0. The van der Waals surface area contributed by atoms with Crippen molar-refractivity contribution in [1.82, 2.24) is 0 Å². The van der Waals surface area contributed by atoms with Crippen molar-refractivity contribution in [2.45, 2.75) is 42.4 Å². The van der Waals surface area contributed by atoms with Crippen LogP contribution in [0.4, 0.5) is 16.4 Å². The predicted octanol–water partition coefficient (Wildman–Crippen LogP) is 6.27. The number of hydrogen-bond donors (Lipinski definition) is 1. The minimum Gasteiger partial charge on any atom is -0.325 e. The van der Waals surface area contributed by atoms with Crippen LogP contribution >= 0.6 is 23.1 Å². The second-order valence-electron chi connectivity index (χ2n) is 7.52. The molecule has 1 aromatic heterocycles. The number of thiophene rings is 1. The number of nitro benzene ring substituents is 1. The number of aryl methyl sites for hydroxylation is 1. The van der Waals surface area contributed by atoms with E-state index in [0.29, 0.717) is 21.8 Å². The van der Waals surface area contributed by atoms with E-state index in [2.05, 4.69) is 16.4 Å². The van der Waals surface area contributed by atoms with E-state index in [-0.39, 0.29) is 11.6 Å². The van der Waals surface area contributed by atoms with Crippen LogP contribution in [0.1, 0.15) is 41.3 Å². The van der Waals surface area contributed by atoms with Gasteiger partial charge in [0.25, 0.3) is 5.69 Å². The maximum Gasteiger partial charge on any atom is 0.270 e. The summed E-state index contributed by atoms with van der Waals surface area (Å²) in [6, 6.07) is 14.3. The number of non-ortho nitro benzene ring substituents is 1. The fraction of sp³-hybridized carbons (Fsp3) is 0.208. The van der Waals surface area contributed by atoms with E-state index in [1.807, 2.05) is 18.2 Å². The molecule has 1 aliphatic carbocycles. The second kappa shape index (κ2) is 9.98. The van der Waals surface area contributed by atoms with Crippen LogP contribution in [0.2, 0.25) is 0 Å². The molecule has 0 aliphatic heterocycles. The SMILES string of the molecule is CC(=O)Nc1ccccc1Sc1ccc([N+](=O)[O-])cc1C=Nc1sc2c(c1C#N)CCCC2. The van der Waals surface area contributed by atoms with Crippen molar-refractivity contribution < 1.29 is 9.72 Å². The molecule has 0 saturated heterocycles. The standard InChI is InChI=1S/C24H20N4O3S2/c1-15(29)27-20-7-3-5-9-23(20)32-21-11-10-17(28(30)31)12-16(21)14-26-24-19(13-25)18-6-2-4-8-22(18)33-24/h3,5,7,9-12,14H,2,4,6,8H2,1H3,(H,27,29). The summed E-state index contributed by atoms with van der Waals surface area (Å²) in [6.07, 6.45) is 5.63. The van der Waals surface area contributed by atoms with E-state index < -0.39 is 4.92 Å². The highest BCUT2D eigenvalue weighted by Gasteiger charge is 2.20. The van der Waals surface area contributed by atoms with Crippen molar-refractivity contribution in [3.8, 4) is 6.07 Å². The fourth-order valence-electron chi connectivity index (χ4n) is 3.70. The second-order valence-corrected chi connectivity index (χ2v) is 9.69. The zero-order chi connectivity index (χ0) is 23.4. The molecular weight excluding hydrogens is 456 g/mol. The molecule has 0 bridgehead atoms. The molecule has 0 spiro atoms. The Morgan fingerprint density at radius 1 is 1.24 bits per heavy atom. The Bertz CT molecular complexity index is 1310. The van der Waals surface area contributed by atoms with Gasteiger partial charge < -0.3 is 5.32 Å². The van der Waals surface area contributed by atoms with E-state index in [9.17, 15) is 20.2 Å². The van der Waals surface area contributed by atoms with Crippen LogP contribution in [0.15, 0.2) is 57.2 Å². The number of nitrogens with one attached hydrogen (secondary N) is 1. The van der Waals surface area contributed by atoms with Gasteiger partial charge in [-0.15, -0.1) is 11.3 Å². The highest BCUT2D eigenvalue weighted by Crippen LogP contribution is 2.40. The smallest absolute Gasteiger partial charge is 0.270 e. The van der Waals surface area contributed by atoms with E-state index in [0.717, 1.165) is 41.0 Å². The van der Waals surface area contributed by atoms with Gasteiger partial charge in [0.15, 0.2) is 0 Å². The molecule has 1 N–H and O–H groups in total. The number of amides is 1. The number of fused-ring (bicyclic) bond motifs is 1. The Morgan fingerprint density at radius 2 is 2.03 bits per heavy atom. The molecule has 1 amide bonds. The number of hydrogen-bond acceptors (Lipinski definition) is 7. The third-order valence-corrected chi connectivity index (χ3v) is 7.57. The Labute approximate surface area is 199 Å². The first-order valence-electron chi connectivity index (χ1n) is 10.4. The fourth-order valence-corrected chi connectivity index (χ4v) is 5.86. The van der Waals surface area contributed by atoms with Crippen LogP contribution in [0.25, 0.3) is 0 Å². The monoisotopic (exact) mass is 476 g/mol. The van der Waals surface area contributed by atoms with Crippen molar-refractivity contribution >= 4 is 51.6 Å². The molecule has 33 heavy (non-hydrogen) atoms. The summed E-state index contributed by atoms with van der Waals surface area (Å²) in [7, 11) is 0. The Balaban J connectivity index is 1.72. The van der Waals surface area contributed by atoms with Crippen LogP contribution in [0.3, 0.4) is 0 Å². The molecule has 9 heteroatoms. The zero-order valence-corrected chi connectivity index (χ0v) is 19.5. The summed E-state index contributed by atoms with van der Waals surface area (Å²) in [5.74, 6) is -0.181. The quantitative estimate of drug-likeness (QED) is 0.256. The summed E-state index contributed by atoms with van der Waals surface area (Å²) in [6.45, 7) is 1.44. The van der Waals surface area contributed by atoms with Gasteiger partial charge in [-0.1, -0.05) is 23.9 Å². The van der Waals surface area contributed by atoms with Crippen LogP contribution in [-0.4, -0.2) is 17.0 Å². The van der Waals surface area contributed by atoms with Crippen molar-refractivity contribution in [3.63, 3.8) is 0 Å². The summed E-state index contributed by atoms with van der Waals surface area (Å²) < 4.78 is 0. The molecular formula is C24H20N4O3S2. The highest BCUT2D eigenvalue weighted by molar-refractivity contribution is 7.99. The molecule has 2 aromatic carbocycles. The number of para-hydroxylation sites is 1. The maximum atomic E-state index is 11.6. The van der Waals surface area contributed by atoms with E-state index in [4.69, 9.17) is 0 Å². The minimum absolute atomic E-state index is 0.0399. The van der Waals surface area contributed by atoms with Gasteiger partial charge in [0, 0.05) is 45.5 Å². The van der Waals surface area contributed by atoms with Gasteiger partial charge in [0.1, 0.15) is 11.1 Å². The largest absolute Gasteiger partial charge is 0.325 e. The molecule has 0 fully saturated rings. The van der Waals surface area contributed by atoms with Gasteiger partial charge >= 0.3 is 0 Å². The first-order valence-corrected chi connectivity index (χ1v) is 12.0. The third-order valence-electron chi connectivity index (χ3n) is 5.21. The Hall–Kier alpha value is -3.48. The molecule has 3 aromatic rings. The maximum absolute atomic E-state index is 11.6. The Kier molecular flexibility index (Phi) is 6.87. The third kappa shape index (κ3) is 5.13. The molecule has 0 radical (unpaired) electrons. The van der Waals surface area contributed by atoms with Crippen LogP contribution in [0.5, 0.6) is 0 Å². The first kappa shape index (κ1) is 22.7. The molecule has 0 unspecified atom stereocenters. The lowest BCUT2D eigenvalue weighted by molar-refractivity contribution is -0.384. The number of anilines is 1. The lowest BCUT2D eigenvalue weighted by Gasteiger charge is -2.11. The molecule has 0 saturated carbocycles. The van der Waals surface area contributed by atoms with E-state index in [1.165, 1.54) is 47.0 Å². The van der Waals surface area contributed by atoms with Crippen molar-refractivity contribution in [2.75, 3.05) is 5.32 Å². The number of aliphatic imine (C=N–C) groups is 1. The van der Waals surface area contributed by atoms with Crippen LogP contribution < -0.4 is 5.32 Å². The van der Waals surface area contributed by atoms with Gasteiger partial charge in [0.2, 0.25) is 5.91 Å². The predicted molar refractivity (Wildman–Crippen MR) is 131 cm³/mol. The van der Waals surface area contributed by atoms with E-state index in [1.54, 1.807) is 18.3 Å². The Morgan fingerprint density at radius 3 is 2.79 bits per heavy atom.